The highest BCUT2D eigenvalue weighted by Crippen LogP contribution is 2.34. The van der Waals surface area contributed by atoms with Crippen LogP contribution < -0.4 is 5.32 Å². The van der Waals surface area contributed by atoms with Gasteiger partial charge in [0.15, 0.2) is 0 Å². The normalized spacial score (nSPS) is 15.7. The first kappa shape index (κ1) is 18.5. The van der Waals surface area contributed by atoms with E-state index >= 15 is 0 Å². The Labute approximate surface area is 174 Å². The Balaban J connectivity index is 1.38. The van der Waals surface area contributed by atoms with Crippen molar-refractivity contribution >= 4 is 11.6 Å². The van der Waals surface area contributed by atoms with Gasteiger partial charge in [0.2, 0.25) is 11.7 Å². The summed E-state index contributed by atoms with van der Waals surface area (Å²) < 4.78 is 7.17. The number of carbonyl (C=O) groups excluding carboxylic acids is 1. The summed E-state index contributed by atoms with van der Waals surface area (Å²) in [6.07, 6.45) is 5.33. The van der Waals surface area contributed by atoms with Crippen LogP contribution in [-0.2, 0) is 6.42 Å². The van der Waals surface area contributed by atoms with Crippen LogP contribution in [0.2, 0.25) is 0 Å². The topological polar surface area (TPSA) is 85.3 Å². The molecule has 1 aromatic carbocycles. The minimum absolute atomic E-state index is 0.0200. The number of hydrogen-bond donors (Lipinski definition) is 1. The summed E-state index contributed by atoms with van der Waals surface area (Å²) in [5.74, 6) is 1.33. The number of hydrogen-bond acceptors (Lipinski definition) is 5. The molecule has 0 spiro atoms. The fourth-order valence-corrected chi connectivity index (χ4v) is 3.98. The van der Waals surface area contributed by atoms with Gasteiger partial charge in [0.25, 0.3) is 5.91 Å². The number of amides is 1. The van der Waals surface area contributed by atoms with E-state index < -0.39 is 0 Å². The molecule has 7 heteroatoms. The first-order chi connectivity index (χ1) is 14.5. The van der Waals surface area contributed by atoms with E-state index in [0.29, 0.717) is 17.4 Å². The summed E-state index contributed by atoms with van der Waals surface area (Å²) in [4.78, 5) is 21.8. The maximum absolute atomic E-state index is 12.9. The van der Waals surface area contributed by atoms with Gasteiger partial charge in [-0.1, -0.05) is 37.2 Å². The maximum Gasteiger partial charge on any atom is 0.270 e. The zero-order valence-corrected chi connectivity index (χ0v) is 17.2. The van der Waals surface area contributed by atoms with Gasteiger partial charge in [-0.3, -0.25) is 9.20 Å². The lowest BCUT2D eigenvalue weighted by Gasteiger charge is -2.14. The molecule has 0 bridgehead atoms. The van der Waals surface area contributed by atoms with Gasteiger partial charge in [0, 0.05) is 17.7 Å². The molecule has 7 nitrogen and oxygen atoms in total. The third-order valence-electron chi connectivity index (χ3n) is 5.61. The average Bonchev–Trinajstić information content (AvgIpc) is 3.45. The van der Waals surface area contributed by atoms with Crippen molar-refractivity contribution in [3.8, 4) is 11.4 Å². The Bertz CT molecular complexity index is 1250. The SMILES string of the molecule is Cc1ccc2ncc(C(=O)N[C@@H]3CCc4cc(-c5noc(C(C)C)n5)ccc43)n2c1. The Hall–Kier alpha value is -3.48. The Morgan fingerprint density at radius 2 is 2.13 bits per heavy atom. The minimum Gasteiger partial charge on any atom is -0.344 e. The van der Waals surface area contributed by atoms with Gasteiger partial charge in [-0.05, 0) is 48.6 Å². The Morgan fingerprint density at radius 3 is 2.93 bits per heavy atom. The molecule has 3 heterocycles. The first-order valence-corrected chi connectivity index (χ1v) is 10.2. The number of pyridine rings is 1. The van der Waals surface area contributed by atoms with E-state index in [2.05, 4.69) is 32.6 Å². The van der Waals surface area contributed by atoms with Crippen molar-refractivity contribution in [3.05, 3.63) is 71.0 Å². The molecule has 1 aliphatic carbocycles. The molecule has 0 saturated carbocycles. The van der Waals surface area contributed by atoms with E-state index in [1.165, 1.54) is 5.56 Å². The van der Waals surface area contributed by atoms with E-state index in [-0.39, 0.29) is 17.9 Å². The smallest absolute Gasteiger partial charge is 0.270 e. The van der Waals surface area contributed by atoms with E-state index in [1.807, 2.05) is 49.6 Å². The van der Waals surface area contributed by atoms with Crippen molar-refractivity contribution in [3.63, 3.8) is 0 Å². The summed E-state index contributed by atoms with van der Waals surface area (Å²) >= 11 is 0. The summed E-state index contributed by atoms with van der Waals surface area (Å²) in [6.45, 7) is 6.05. The number of rotatable bonds is 4. The number of aryl methyl sites for hydroxylation is 2. The standard InChI is InChI=1S/C23H23N5O2/c1-13(2)23-26-21(27-30-23)16-5-7-17-15(10-16)6-8-18(17)25-22(29)19-11-24-20-9-4-14(3)12-28(19)20/h4-5,7,9-13,18H,6,8H2,1-3H3,(H,25,29)/t18-/m1/s1. The quantitative estimate of drug-likeness (QED) is 0.553. The lowest BCUT2D eigenvalue weighted by Crippen LogP contribution is -2.28. The number of aromatic nitrogens is 4. The van der Waals surface area contributed by atoms with Crippen LogP contribution in [0.1, 0.15) is 65.3 Å². The molecule has 0 fully saturated rings. The molecule has 152 valence electrons. The van der Waals surface area contributed by atoms with Crippen molar-refractivity contribution in [2.45, 2.75) is 45.6 Å². The van der Waals surface area contributed by atoms with Crippen molar-refractivity contribution in [1.29, 1.82) is 0 Å². The van der Waals surface area contributed by atoms with Crippen LogP contribution in [0.25, 0.3) is 17.0 Å². The number of imidazole rings is 1. The van der Waals surface area contributed by atoms with E-state index in [4.69, 9.17) is 4.52 Å². The van der Waals surface area contributed by atoms with Crippen LogP contribution in [-0.4, -0.2) is 25.4 Å². The molecule has 4 aromatic rings. The lowest BCUT2D eigenvalue weighted by atomic mass is 10.0. The summed E-state index contributed by atoms with van der Waals surface area (Å²) in [5.41, 5.74) is 5.69. The molecular formula is C23H23N5O2. The Morgan fingerprint density at radius 1 is 1.27 bits per heavy atom. The van der Waals surface area contributed by atoms with Gasteiger partial charge < -0.3 is 9.84 Å². The monoisotopic (exact) mass is 401 g/mol. The predicted octanol–water partition coefficient (Wildman–Crippen LogP) is 4.23. The zero-order valence-electron chi connectivity index (χ0n) is 17.2. The molecule has 3 aromatic heterocycles. The van der Waals surface area contributed by atoms with Gasteiger partial charge in [-0.2, -0.15) is 4.98 Å². The predicted molar refractivity (Wildman–Crippen MR) is 112 cm³/mol. The Kier molecular flexibility index (Phi) is 4.38. The molecule has 0 aliphatic heterocycles. The van der Waals surface area contributed by atoms with E-state index in [0.717, 1.165) is 35.2 Å². The lowest BCUT2D eigenvalue weighted by molar-refractivity contribution is 0.0931. The number of carbonyl (C=O) groups is 1. The summed E-state index contributed by atoms with van der Waals surface area (Å²) in [5, 5.41) is 7.28. The van der Waals surface area contributed by atoms with E-state index in [9.17, 15) is 4.79 Å². The molecule has 0 unspecified atom stereocenters. The highest BCUT2D eigenvalue weighted by Gasteiger charge is 2.26. The van der Waals surface area contributed by atoms with E-state index in [1.54, 1.807) is 6.20 Å². The molecule has 30 heavy (non-hydrogen) atoms. The second-order valence-corrected chi connectivity index (χ2v) is 8.17. The molecule has 1 amide bonds. The van der Waals surface area contributed by atoms with Crippen molar-refractivity contribution in [2.75, 3.05) is 0 Å². The van der Waals surface area contributed by atoms with Gasteiger partial charge in [0.05, 0.1) is 12.2 Å². The molecule has 5 rings (SSSR count). The third-order valence-corrected chi connectivity index (χ3v) is 5.61. The number of fused-ring (bicyclic) bond motifs is 2. The first-order valence-electron chi connectivity index (χ1n) is 10.2. The van der Waals surface area contributed by atoms with Crippen LogP contribution >= 0.6 is 0 Å². The highest BCUT2D eigenvalue weighted by molar-refractivity contribution is 5.93. The number of benzene rings is 1. The van der Waals surface area contributed by atoms with Gasteiger partial charge in [-0.15, -0.1) is 0 Å². The highest BCUT2D eigenvalue weighted by atomic mass is 16.5. The maximum atomic E-state index is 12.9. The van der Waals surface area contributed by atoms with Crippen molar-refractivity contribution in [2.24, 2.45) is 0 Å². The fourth-order valence-electron chi connectivity index (χ4n) is 3.98. The van der Waals surface area contributed by atoms with Crippen LogP contribution in [0.5, 0.6) is 0 Å². The minimum atomic E-state index is -0.116. The van der Waals surface area contributed by atoms with Gasteiger partial charge in [0.1, 0.15) is 11.3 Å². The molecule has 1 N–H and O–H groups in total. The number of nitrogens with one attached hydrogen (secondary N) is 1. The summed E-state index contributed by atoms with van der Waals surface area (Å²) in [7, 11) is 0. The largest absolute Gasteiger partial charge is 0.344 e. The molecule has 1 atom stereocenters. The number of nitrogens with zero attached hydrogens (tertiary/aromatic N) is 4. The van der Waals surface area contributed by atoms with Crippen LogP contribution in [0.15, 0.2) is 47.2 Å². The summed E-state index contributed by atoms with van der Waals surface area (Å²) in [6, 6.07) is 10.0. The van der Waals surface area contributed by atoms with Crippen LogP contribution in [0.3, 0.4) is 0 Å². The zero-order chi connectivity index (χ0) is 20.8. The molecule has 1 aliphatic rings. The van der Waals surface area contributed by atoms with Gasteiger partial charge in [-0.25, -0.2) is 4.98 Å². The molecule has 0 radical (unpaired) electrons. The van der Waals surface area contributed by atoms with Crippen LogP contribution in [0, 0.1) is 6.92 Å². The second-order valence-electron chi connectivity index (χ2n) is 8.17. The van der Waals surface area contributed by atoms with Crippen molar-refractivity contribution in [1.82, 2.24) is 24.8 Å². The second kappa shape index (κ2) is 7.09. The third kappa shape index (κ3) is 3.16. The van der Waals surface area contributed by atoms with Crippen LogP contribution in [0.4, 0.5) is 0 Å². The molecular weight excluding hydrogens is 378 g/mol. The molecule has 0 saturated heterocycles. The fraction of sp³-hybridized carbons (Fsp3) is 0.304. The van der Waals surface area contributed by atoms with Gasteiger partial charge >= 0.3 is 0 Å². The average molecular weight is 401 g/mol. The van der Waals surface area contributed by atoms with Crippen molar-refractivity contribution < 1.29 is 9.32 Å².